The van der Waals surface area contributed by atoms with Crippen molar-refractivity contribution in [2.75, 3.05) is 9.80 Å². The monoisotopic (exact) mass is 987 g/mol. The molecule has 0 spiro atoms. The number of benzene rings is 6. The van der Waals surface area contributed by atoms with E-state index in [1.807, 2.05) is 42.6 Å². The number of fused-ring (bicyclic) bond motifs is 4. The topological polar surface area (TPSA) is 63.0 Å². The van der Waals surface area contributed by atoms with Crippen LogP contribution in [0.25, 0.3) is 61.8 Å². The number of para-hydroxylation sites is 1. The number of aromatic nitrogens is 5. The van der Waals surface area contributed by atoms with Gasteiger partial charge in [-0.2, -0.15) is 0 Å². The molecule has 0 radical (unpaired) electrons. The SMILES string of the molecule is Cc1cc2c(cc1C)N(c1ccc(C(C)C)cc1)[CH-]N2c1[c-]c(-c2nc(-c3[c-]c4c(cc3)c3ccccc3n4-c3cc(C(C)(C)C)ccn3)nc(-c3ccccc3)n2)ccc1.[Pt]. The molecule has 1 aliphatic heterocycles. The van der Waals surface area contributed by atoms with Crippen LogP contribution in [0.15, 0.2) is 140 Å². The predicted molar refractivity (Wildman–Crippen MR) is 250 cm³/mol. The van der Waals surface area contributed by atoms with Crippen molar-refractivity contribution in [2.45, 2.75) is 59.8 Å². The number of rotatable bonds is 7. The van der Waals surface area contributed by atoms with Crippen LogP contribution < -0.4 is 9.80 Å². The molecule has 0 unspecified atom stereocenters. The van der Waals surface area contributed by atoms with E-state index in [0.29, 0.717) is 23.4 Å². The summed E-state index contributed by atoms with van der Waals surface area (Å²) in [6.45, 7) is 17.6. The molecule has 1 aliphatic rings. The summed E-state index contributed by atoms with van der Waals surface area (Å²) in [5.41, 5.74) is 13.5. The summed E-state index contributed by atoms with van der Waals surface area (Å²) in [6, 6.07) is 54.1. The van der Waals surface area contributed by atoms with Gasteiger partial charge in [-0.05, 0) is 101 Å². The molecule has 9 aromatic rings. The molecule has 0 amide bonds. The molecular formula is C54H46N7Pt-3. The molecule has 6 aromatic carbocycles. The molecule has 8 heteroatoms. The Bertz CT molecular complexity index is 3110. The molecule has 4 heterocycles. The van der Waals surface area contributed by atoms with Crippen molar-refractivity contribution in [1.82, 2.24) is 24.5 Å². The van der Waals surface area contributed by atoms with Crippen LogP contribution in [-0.4, -0.2) is 24.5 Å². The van der Waals surface area contributed by atoms with Crippen molar-refractivity contribution < 1.29 is 21.1 Å². The van der Waals surface area contributed by atoms with Crippen LogP contribution in [0.5, 0.6) is 0 Å². The maximum atomic E-state index is 5.18. The fourth-order valence-corrected chi connectivity index (χ4v) is 8.16. The largest absolute Gasteiger partial charge is 0.488 e. The average molecular weight is 988 g/mol. The van der Waals surface area contributed by atoms with Gasteiger partial charge in [0.2, 0.25) is 0 Å². The first-order chi connectivity index (χ1) is 29.5. The van der Waals surface area contributed by atoms with Gasteiger partial charge >= 0.3 is 0 Å². The normalized spacial score (nSPS) is 12.6. The maximum absolute atomic E-state index is 5.18. The van der Waals surface area contributed by atoms with Crippen LogP contribution in [0.4, 0.5) is 22.7 Å². The molecule has 10 rings (SSSR count). The van der Waals surface area contributed by atoms with Crippen molar-refractivity contribution in [2.24, 2.45) is 0 Å². The summed E-state index contributed by atoms with van der Waals surface area (Å²) in [7, 11) is 0. The third kappa shape index (κ3) is 7.39. The summed E-state index contributed by atoms with van der Waals surface area (Å²) in [6.07, 6.45) is 1.90. The molecule has 7 nitrogen and oxygen atoms in total. The van der Waals surface area contributed by atoms with Gasteiger partial charge in [-0.15, -0.1) is 60.3 Å². The third-order valence-corrected chi connectivity index (χ3v) is 11.8. The second-order valence-corrected chi connectivity index (χ2v) is 17.3. The second kappa shape index (κ2) is 16.1. The number of anilines is 4. The minimum atomic E-state index is -0.0397. The Labute approximate surface area is 378 Å². The van der Waals surface area contributed by atoms with Crippen LogP contribution in [0, 0.1) is 32.6 Å². The van der Waals surface area contributed by atoms with Gasteiger partial charge in [0, 0.05) is 55.4 Å². The summed E-state index contributed by atoms with van der Waals surface area (Å²) in [5.74, 6) is 2.93. The molecule has 0 N–H and O–H groups in total. The Morgan fingerprint density at radius 3 is 1.98 bits per heavy atom. The van der Waals surface area contributed by atoms with E-state index in [2.05, 4.69) is 179 Å². The minimum absolute atomic E-state index is 0. The van der Waals surface area contributed by atoms with Gasteiger partial charge in [-0.25, -0.2) is 4.98 Å². The van der Waals surface area contributed by atoms with Gasteiger partial charge in [0.05, 0.1) is 11.6 Å². The first-order valence-electron chi connectivity index (χ1n) is 20.9. The van der Waals surface area contributed by atoms with Crippen molar-refractivity contribution in [3.8, 4) is 40.0 Å². The smallest absolute Gasteiger partial charge is 0.144 e. The summed E-state index contributed by atoms with van der Waals surface area (Å²) >= 11 is 0. The molecular weight excluding hydrogens is 942 g/mol. The second-order valence-electron chi connectivity index (χ2n) is 17.3. The van der Waals surface area contributed by atoms with Gasteiger partial charge < -0.3 is 19.4 Å². The Hall–Kier alpha value is -6.43. The van der Waals surface area contributed by atoms with E-state index in [4.69, 9.17) is 19.9 Å². The van der Waals surface area contributed by atoms with Crippen LogP contribution in [0.2, 0.25) is 0 Å². The Morgan fingerprint density at radius 1 is 0.613 bits per heavy atom. The van der Waals surface area contributed by atoms with E-state index >= 15 is 0 Å². The Morgan fingerprint density at radius 2 is 1.27 bits per heavy atom. The Balaban J connectivity index is 0.00000490. The minimum Gasteiger partial charge on any atom is -0.488 e. The molecule has 0 atom stereocenters. The third-order valence-electron chi connectivity index (χ3n) is 11.8. The fraction of sp³-hybridized carbons (Fsp3) is 0.167. The van der Waals surface area contributed by atoms with Crippen LogP contribution >= 0.6 is 0 Å². The van der Waals surface area contributed by atoms with E-state index in [9.17, 15) is 0 Å². The van der Waals surface area contributed by atoms with E-state index < -0.39 is 0 Å². The van der Waals surface area contributed by atoms with Gasteiger partial charge in [0.1, 0.15) is 11.6 Å². The number of aryl methyl sites for hydroxylation is 2. The van der Waals surface area contributed by atoms with E-state index in [-0.39, 0.29) is 26.5 Å². The molecule has 3 aromatic heterocycles. The van der Waals surface area contributed by atoms with Crippen molar-refractivity contribution in [1.29, 1.82) is 0 Å². The summed E-state index contributed by atoms with van der Waals surface area (Å²) in [4.78, 5) is 24.7. The zero-order valence-corrected chi connectivity index (χ0v) is 38.2. The predicted octanol–water partition coefficient (Wildman–Crippen LogP) is 13.4. The molecule has 310 valence electrons. The van der Waals surface area contributed by atoms with E-state index in [1.54, 1.807) is 0 Å². The fourth-order valence-electron chi connectivity index (χ4n) is 8.16. The van der Waals surface area contributed by atoms with E-state index in [1.165, 1.54) is 22.3 Å². The number of nitrogens with zero attached hydrogens (tertiary/aromatic N) is 7. The van der Waals surface area contributed by atoms with Crippen molar-refractivity contribution in [3.63, 3.8) is 0 Å². The first kappa shape index (κ1) is 40.9. The zero-order chi connectivity index (χ0) is 42.0. The molecule has 0 saturated heterocycles. The molecule has 0 saturated carbocycles. The molecule has 62 heavy (non-hydrogen) atoms. The van der Waals surface area contributed by atoms with Crippen LogP contribution in [0.3, 0.4) is 0 Å². The summed E-state index contributed by atoms with van der Waals surface area (Å²) < 4.78 is 2.20. The van der Waals surface area contributed by atoms with Crippen molar-refractivity contribution >= 4 is 44.6 Å². The molecule has 0 fully saturated rings. The van der Waals surface area contributed by atoms with Gasteiger partial charge in [-0.3, -0.25) is 9.97 Å². The van der Waals surface area contributed by atoms with Crippen LogP contribution in [-0.2, 0) is 26.5 Å². The Kier molecular flexibility index (Phi) is 10.6. The first-order valence-corrected chi connectivity index (χ1v) is 20.9. The average Bonchev–Trinajstić information content (AvgIpc) is 3.81. The van der Waals surface area contributed by atoms with Crippen molar-refractivity contribution in [3.05, 3.63) is 181 Å². The molecule has 0 aliphatic carbocycles. The van der Waals surface area contributed by atoms with Gasteiger partial charge in [-0.1, -0.05) is 106 Å². The quantitative estimate of drug-likeness (QED) is 0.148. The number of pyridine rings is 1. The molecule has 0 bridgehead atoms. The number of hydrogen-bond donors (Lipinski definition) is 0. The van der Waals surface area contributed by atoms with Gasteiger partial charge in [0.15, 0.2) is 0 Å². The van der Waals surface area contributed by atoms with Crippen LogP contribution in [0.1, 0.15) is 62.8 Å². The zero-order valence-electron chi connectivity index (χ0n) is 35.9. The standard InChI is InChI=1S/C54H46N7.Pt/c1-34(2)37-20-23-42(24-21-37)59-33-60(49-29-36(4)35(3)28-48(49)59)43-17-13-16-39(30-43)52-56-51(38-14-9-8-10-15-38)57-53(58-52)40-22-25-45-44-18-11-12-19-46(44)61(47(45)31-40)50-32-41(26-27-55-50)54(5,6)7;/h8-29,32-34H,1-7H3;/q-3;. The maximum Gasteiger partial charge on any atom is 0.144 e. The van der Waals surface area contributed by atoms with Gasteiger partial charge in [0.25, 0.3) is 0 Å². The van der Waals surface area contributed by atoms with E-state index in [0.717, 1.165) is 67.1 Å². The number of hydrogen-bond acceptors (Lipinski definition) is 6. The summed E-state index contributed by atoms with van der Waals surface area (Å²) in [5, 5.41) is 2.21.